The molecule has 29 heavy (non-hydrogen) atoms. The van der Waals surface area contributed by atoms with Crippen molar-refractivity contribution in [3.63, 3.8) is 0 Å². The van der Waals surface area contributed by atoms with Crippen LogP contribution in [-0.4, -0.2) is 97.0 Å². The average molecular weight is 454 g/mol. The van der Waals surface area contributed by atoms with Crippen LogP contribution < -0.4 is 0 Å². The van der Waals surface area contributed by atoms with Crippen LogP contribution in [0.5, 0.6) is 0 Å². The fourth-order valence-electron chi connectivity index (χ4n) is 3.22. The minimum Gasteiger partial charge on any atom is -0.400 e. The number of nitrogens with zero attached hydrogens (tertiary/aromatic N) is 1. The lowest BCUT2D eigenvalue weighted by molar-refractivity contribution is 0.00616. The maximum Gasteiger partial charge on any atom is 0.320 e. The number of rotatable bonds is 21. The molecule has 0 radical (unpaired) electrons. The Morgan fingerprint density at radius 1 is 0.655 bits per heavy atom. The molecule has 176 valence electrons. The van der Waals surface area contributed by atoms with Gasteiger partial charge in [0.05, 0.1) is 12.2 Å². The summed E-state index contributed by atoms with van der Waals surface area (Å²) in [4.78, 5) is 2.41. The highest BCUT2D eigenvalue weighted by atomic mass is 28.3. The van der Waals surface area contributed by atoms with E-state index in [9.17, 15) is 0 Å². The standard InChI is InChI=1S/C20H47NO6Si2/c1-8-21(17-19(2)26-13-9-11-15-28(22-4)23-5)18-20(3)27-14-10-12-16-29(24-6)25-7/h19-20,28-29H,8-18H2,1-7H3. The van der Waals surface area contributed by atoms with E-state index in [0.717, 1.165) is 70.6 Å². The Balaban J connectivity index is 3.84. The first-order valence-corrected chi connectivity index (χ1v) is 14.6. The van der Waals surface area contributed by atoms with E-state index in [1.807, 2.05) is 0 Å². The fraction of sp³-hybridized carbons (Fsp3) is 1.00. The number of likely N-dealkylation sites (N-methyl/N-ethyl adjacent to an activating group) is 1. The summed E-state index contributed by atoms with van der Waals surface area (Å²) < 4.78 is 33.4. The Labute approximate surface area is 183 Å². The van der Waals surface area contributed by atoms with E-state index in [0.29, 0.717) is 0 Å². The summed E-state index contributed by atoms with van der Waals surface area (Å²) in [5.74, 6) is 0. The van der Waals surface area contributed by atoms with Gasteiger partial charge in [-0.05, 0) is 58.2 Å². The molecular weight excluding hydrogens is 406 g/mol. The summed E-state index contributed by atoms with van der Waals surface area (Å²) in [7, 11) is 4.12. The first-order chi connectivity index (χ1) is 14.0. The molecule has 7 nitrogen and oxygen atoms in total. The normalized spacial score (nSPS) is 14.3. The van der Waals surface area contributed by atoms with E-state index in [1.54, 1.807) is 28.4 Å². The van der Waals surface area contributed by atoms with Gasteiger partial charge in [0.15, 0.2) is 0 Å². The van der Waals surface area contributed by atoms with Crippen molar-refractivity contribution in [2.75, 3.05) is 61.3 Å². The van der Waals surface area contributed by atoms with Gasteiger partial charge in [0.1, 0.15) is 0 Å². The molecule has 0 aliphatic carbocycles. The molecule has 0 rings (SSSR count). The van der Waals surface area contributed by atoms with Crippen LogP contribution in [0.4, 0.5) is 0 Å². The first-order valence-electron chi connectivity index (χ1n) is 11.1. The fourth-order valence-corrected chi connectivity index (χ4v) is 5.80. The molecule has 2 unspecified atom stereocenters. The molecule has 0 saturated heterocycles. The Morgan fingerprint density at radius 2 is 1.03 bits per heavy atom. The maximum atomic E-state index is 5.99. The smallest absolute Gasteiger partial charge is 0.320 e. The quantitative estimate of drug-likeness (QED) is 0.196. The van der Waals surface area contributed by atoms with Crippen LogP contribution in [-0.2, 0) is 27.2 Å². The van der Waals surface area contributed by atoms with Gasteiger partial charge in [-0.25, -0.2) is 0 Å². The molecule has 0 saturated carbocycles. The summed E-state index contributed by atoms with van der Waals surface area (Å²) in [6.45, 7) is 11.0. The van der Waals surface area contributed by atoms with Crippen LogP contribution in [0.1, 0.15) is 46.5 Å². The third kappa shape index (κ3) is 16.5. The zero-order valence-corrected chi connectivity index (χ0v) is 22.3. The van der Waals surface area contributed by atoms with Crippen molar-refractivity contribution in [2.45, 2.75) is 70.8 Å². The van der Waals surface area contributed by atoms with Crippen molar-refractivity contribution < 1.29 is 27.2 Å². The lowest BCUT2D eigenvalue weighted by Gasteiger charge is -2.27. The second-order valence-electron chi connectivity index (χ2n) is 7.51. The average Bonchev–Trinajstić information content (AvgIpc) is 2.72. The molecule has 0 N–H and O–H groups in total. The molecule has 0 spiro atoms. The Hall–Kier alpha value is 0.154. The number of hydrogen-bond acceptors (Lipinski definition) is 7. The molecule has 0 aromatic rings. The summed E-state index contributed by atoms with van der Waals surface area (Å²) in [6, 6.07) is 2.08. The predicted octanol–water partition coefficient (Wildman–Crippen LogP) is 2.71. The summed E-state index contributed by atoms with van der Waals surface area (Å²) in [6.07, 6.45) is 4.77. The van der Waals surface area contributed by atoms with Gasteiger partial charge in [-0.3, -0.25) is 4.90 Å². The maximum absolute atomic E-state index is 5.99. The zero-order chi connectivity index (χ0) is 21.9. The Kier molecular flexibility index (Phi) is 20.2. The molecule has 0 amide bonds. The van der Waals surface area contributed by atoms with E-state index in [1.165, 1.54) is 0 Å². The summed E-state index contributed by atoms with van der Waals surface area (Å²) in [5.41, 5.74) is 0. The molecule has 2 atom stereocenters. The van der Waals surface area contributed by atoms with Crippen LogP contribution in [0.3, 0.4) is 0 Å². The number of hydrogen-bond donors (Lipinski definition) is 0. The largest absolute Gasteiger partial charge is 0.400 e. The van der Waals surface area contributed by atoms with Crippen molar-refractivity contribution in [1.82, 2.24) is 4.90 Å². The van der Waals surface area contributed by atoms with Crippen molar-refractivity contribution in [3.05, 3.63) is 0 Å². The van der Waals surface area contributed by atoms with E-state index < -0.39 is 18.6 Å². The van der Waals surface area contributed by atoms with Crippen LogP contribution in [0, 0.1) is 0 Å². The minimum atomic E-state index is -1.42. The van der Waals surface area contributed by atoms with Crippen molar-refractivity contribution in [1.29, 1.82) is 0 Å². The van der Waals surface area contributed by atoms with Gasteiger partial charge in [0, 0.05) is 54.7 Å². The lowest BCUT2D eigenvalue weighted by Crippen LogP contribution is -2.38. The molecule has 0 aromatic heterocycles. The third-order valence-electron chi connectivity index (χ3n) is 5.00. The highest BCUT2D eigenvalue weighted by Gasteiger charge is 2.14. The molecule has 0 aromatic carbocycles. The van der Waals surface area contributed by atoms with Gasteiger partial charge in [-0.1, -0.05) is 6.92 Å². The number of unbranched alkanes of at least 4 members (excludes halogenated alkanes) is 2. The van der Waals surface area contributed by atoms with Crippen LogP contribution in [0.15, 0.2) is 0 Å². The first kappa shape index (κ1) is 29.2. The molecule has 0 heterocycles. The predicted molar refractivity (Wildman–Crippen MR) is 123 cm³/mol. The summed E-state index contributed by atoms with van der Waals surface area (Å²) in [5, 5.41) is 0. The monoisotopic (exact) mass is 453 g/mol. The van der Waals surface area contributed by atoms with Crippen LogP contribution >= 0.6 is 0 Å². The highest BCUT2D eigenvalue weighted by Crippen LogP contribution is 2.07. The zero-order valence-electron chi connectivity index (χ0n) is 20.0. The van der Waals surface area contributed by atoms with Crippen LogP contribution in [0.2, 0.25) is 12.1 Å². The van der Waals surface area contributed by atoms with Crippen molar-refractivity contribution in [3.8, 4) is 0 Å². The molecule has 0 fully saturated rings. The second kappa shape index (κ2) is 20.1. The van der Waals surface area contributed by atoms with E-state index in [2.05, 4.69) is 25.7 Å². The molecule has 0 aliphatic rings. The SMILES string of the molecule is CCN(CC(C)OCCCC[SiH](OC)OC)CC(C)OCCCC[SiH](OC)OC. The Bertz CT molecular complexity index is 319. The molecule has 0 bridgehead atoms. The van der Waals surface area contributed by atoms with Gasteiger partial charge >= 0.3 is 18.6 Å². The topological polar surface area (TPSA) is 58.6 Å². The van der Waals surface area contributed by atoms with Crippen molar-refractivity contribution >= 4 is 18.6 Å². The Morgan fingerprint density at radius 3 is 1.34 bits per heavy atom. The molecular formula is C20H47NO6Si2. The second-order valence-corrected chi connectivity index (χ2v) is 12.3. The molecule has 9 heteroatoms. The van der Waals surface area contributed by atoms with E-state index in [4.69, 9.17) is 27.2 Å². The summed E-state index contributed by atoms with van der Waals surface area (Å²) >= 11 is 0. The minimum absolute atomic E-state index is 0.227. The van der Waals surface area contributed by atoms with Crippen molar-refractivity contribution in [2.24, 2.45) is 0 Å². The van der Waals surface area contributed by atoms with Gasteiger partial charge in [-0.15, -0.1) is 0 Å². The van der Waals surface area contributed by atoms with E-state index >= 15 is 0 Å². The third-order valence-corrected chi connectivity index (χ3v) is 8.86. The van der Waals surface area contributed by atoms with Crippen LogP contribution in [0.25, 0.3) is 0 Å². The van der Waals surface area contributed by atoms with Gasteiger partial charge in [0.25, 0.3) is 0 Å². The van der Waals surface area contributed by atoms with Gasteiger partial charge in [-0.2, -0.15) is 0 Å². The lowest BCUT2D eigenvalue weighted by atomic mass is 10.3. The van der Waals surface area contributed by atoms with E-state index in [-0.39, 0.29) is 12.2 Å². The molecule has 0 aliphatic heterocycles. The number of ether oxygens (including phenoxy) is 2. The van der Waals surface area contributed by atoms with Gasteiger partial charge < -0.3 is 27.2 Å². The highest BCUT2D eigenvalue weighted by molar-refractivity contribution is 6.44. The van der Waals surface area contributed by atoms with Gasteiger partial charge in [0.2, 0.25) is 0 Å².